The van der Waals surface area contributed by atoms with Gasteiger partial charge in [0.05, 0.1) is 30.2 Å². The number of aromatic nitrogens is 3. The van der Waals surface area contributed by atoms with Crippen LogP contribution in [0.3, 0.4) is 0 Å². The maximum Gasteiger partial charge on any atom is 0.338 e. The molecule has 0 saturated heterocycles. The second-order valence-corrected chi connectivity index (χ2v) is 8.95. The van der Waals surface area contributed by atoms with Gasteiger partial charge in [-0.05, 0) is 33.3 Å². The molecule has 0 radical (unpaired) electrons. The summed E-state index contributed by atoms with van der Waals surface area (Å²) in [6, 6.07) is 19.1. The van der Waals surface area contributed by atoms with Crippen molar-refractivity contribution in [1.29, 1.82) is 0 Å². The third-order valence-electron chi connectivity index (χ3n) is 6.41. The molecule has 0 N–H and O–H groups in total. The Morgan fingerprint density at radius 1 is 1.05 bits per heavy atom. The van der Waals surface area contributed by atoms with Crippen LogP contribution in [-0.4, -0.2) is 27.3 Å². The highest BCUT2D eigenvalue weighted by Crippen LogP contribution is 2.41. The molecule has 2 aromatic carbocycles. The Morgan fingerprint density at radius 2 is 1.78 bits per heavy atom. The molecule has 4 aromatic rings. The van der Waals surface area contributed by atoms with Crippen molar-refractivity contribution in [3.63, 3.8) is 0 Å². The Morgan fingerprint density at radius 3 is 2.49 bits per heavy atom. The molecule has 3 heterocycles. The van der Waals surface area contributed by atoms with Crippen molar-refractivity contribution in [3.05, 3.63) is 111 Å². The number of esters is 1. The quantitative estimate of drug-likeness (QED) is 0.349. The van der Waals surface area contributed by atoms with E-state index in [0.29, 0.717) is 23.0 Å². The monoisotopic (exact) mass is 497 g/mol. The minimum Gasteiger partial charge on any atom is -0.463 e. The lowest BCUT2D eigenvalue weighted by atomic mass is 9.83. The lowest BCUT2D eigenvalue weighted by molar-refractivity contribution is -0.139. The van der Waals surface area contributed by atoms with E-state index in [9.17, 15) is 9.59 Å². The number of fused-ring (bicyclic) bond motifs is 1. The molecule has 8 nitrogen and oxygen atoms in total. The Balaban J connectivity index is 1.59. The van der Waals surface area contributed by atoms with Crippen LogP contribution in [0, 0.1) is 13.8 Å². The first-order valence-electron chi connectivity index (χ1n) is 12.1. The van der Waals surface area contributed by atoms with E-state index in [1.165, 1.54) is 4.57 Å². The van der Waals surface area contributed by atoms with Crippen molar-refractivity contribution in [3.8, 4) is 17.1 Å². The van der Waals surface area contributed by atoms with E-state index in [1.54, 1.807) is 20.8 Å². The van der Waals surface area contributed by atoms with Gasteiger partial charge in [0.15, 0.2) is 5.76 Å². The van der Waals surface area contributed by atoms with Gasteiger partial charge < -0.3 is 14.0 Å². The molecular weight excluding hydrogens is 470 g/mol. The number of aryl methyl sites for hydroxylation is 2. The highest BCUT2D eigenvalue weighted by atomic mass is 16.5. The highest BCUT2D eigenvalue weighted by molar-refractivity contribution is 5.92. The summed E-state index contributed by atoms with van der Waals surface area (Å²) < 4.78 is 18.3. The number of hydrogen-bond acceptors (Lipinski definition) is 7. The van der Waals surface area contributed by atoms with Crippen LogP contribution in [0.2, 0.25) is 0 Å². The van der Waals surface area contributed by atoms with Crippen LogP contribution in [0.5, 0.6) is 5.88 Å². The summed E-state index contributed by atoms with van der Waals surface area (Å²) in [6.45, 7) is 7.52. The number of nitrogens with zero attached hydrogens (tertiary/aromatic N) is 3. The van der Waals surface area contributed by atoms with Crippen LogP contribution in [0.4, 0.5) is 0 Å². The van der Waals surface area contributed by atoms with Crippen LogP contribution in [0.1, 0.15) is 48.0 Å². The zero-order valence-electron chi connectivity index (χ0n) is 21.1. The third kappa shape index (κ3) is 4.58. The maximum absolute atomic E-state index is 14.0. The fourth-order valence-corrected chi connectivity index (χ4v) is 4.56. The SMILES string of the molecule is CCOC(=O)C1=C(C)Oc2nc(C)n(Cc3cc(-c4ccc(C)cc4)no3)c(=O)c2C1c1ccccc1. The Bertz CT molecular complexity index is 1550. The second kappa shape index (κ2) is 9.89. The van der Waals surface area contributed by atoms with Crippen molar-refractivity contribution in [2.75, 3.05) is 6.61 Å². The number of rotatable bonds is 6. The van der Waals surface area contributed by atoms with Crippen LogP contribution in [0.15, 0.2) is 81.3 Å². The van der Waals surface area contributed by atoms with Crippen molar-refractivity contribution >= 4 is 5.97 Å². The van der Waals surface area contributed by atoms with Crippen molar-refractivity contribution in [2.24, 2.45) is 0 Å². The van der Waals surface area contributed by atoms with E-state index < -0.39 is 11.9 Å². The fourth-order valence-electron chi connectivity index (χ4n) is 4.56. The van der Waals surface area contributed by atoms with Crippen LogP contribution in [-0.2, 0) is 16.1 Å². The van der Waals surface area contributed by atoms with Gasteiger partial charge in [0.1, 0.15) is 17.3 Å². The lowest BCUT2D eigenvalue weighted by Gasteiger charge is -2.28. The summed E-state index contributed by atoms with van der Waals surface area (Å²) >= 11 is 0. The average Bonchev–Trinajstić information content (AvgIpc) is 3.35. The van der Waals surface area contributed by atoms with Crippen molar-refractivity contribution in [2.45, 2.75) is 40.2 Å². The van der Waals surface area contributed by atoms with Crippen molar-refractivity contribution < 1.29 is 18.8 Å². The van der Waals surface area contributed by atoms with Crippen LogP contribution in [0.25, 0.3) is 11.3 Å². The molecule has 0 aliphatic carbocycles. The van der Waals surface area contributed by atoms with E-state index in [0.717, 1.165) is 16.7 Å². The van der Waals surface area contributed by atoms with E-state index >= 15 is 0 Å². The molecular formula is C29H27N3O5. The lowest BCUT2D eigenvalue weighted by Crippen LogP contribution is -2.34. The summed E-state index contributed by atoms with van der Waals surface area (Å²) in [4.78, 5) is 31.6. The largest absolute Gasteiger partial charge is 0.463 e. The molecule has 1 atom stereocenters. The molecule has 37 heavy (non-hydrogen) atoms. The summed E-state index contributed by atoms with van der Waals surface area (Å²) in [6.07, 6.45) is 0. The molecule has 0 saturated carbocycles. The molecule has 0 bridgehead atoms. The summed E-state index contributed by atoms with van der Waals surface area (Å²) in [5, 5.41) is 4.18. The Kier molecular flexibility index (Phi) is 6.48. The van der Waals surface area contributed by atoms with Gasteiger partial charge in [0.25, 0.3) is 5.56 Å². The Labute approximate surface area is 214 Å². The van der Waals surface area contributed by atoms with Crippen LogP contribution < -0.4 is 10.3 Å². The standard InChI is InChI=1S/C29H27N3O5/c1-5-35-29(34)24-18(3)36-27-26(25(24)21-9-7-6-8-10-21)28(33)32(19(4)30-27)16-22-15-23(31-37-22)20-13-11-17(2)12-14-20/h6-15,25H,5,16H2,1-4H3. The molecule has 8 heteroatoms. The average molecular weight is 498 g/mol. The number of hydrogen-bond donors (Lipinski definition) is 0. The van der Waals surface area contributed by atoms with Gasteiger partial charge in [-0.15, -0.1) is 0 Å². The van der Waals surface area contributed by atoms with Gasteiger partial charge in [-0.2, -0.15) is 4.98 Å². The minimum absolute atomic E-state index is 0.128. The van der Waals surface area contributed by atoms with E-state index in [4.69, 9.17) is 14.0 Å². The second-order valence-electron chi connectivity index (χ2n) is 8.95. The van der Waals surface area contributed by atoms with Crippen LogP contribution >= 0.6 is 0 Å². The number of ether oxygens (including phenoxy) is 2. The normalized spacial score (nSPS) is 14.8. The zero-order chi connectivity index (χ0) is 26.1. The third-order valence-corrected chi connectivity index (χ3v) is 6.41. The maximum atomic E-state index is 14.0. The minimum atomic E-state index is -0.686. The van der Waals surface area contributed by atoms with E-state index in [2.05, 4.69) is 10.1 Å². The van der Waals surface area contributed by atoms with Gasteiger partial charge in [0, 0.05) is 11.6 Å². The molecule has 1 aliphatic heterocycles. The smallest absolute Gasteiger partial charge is 0.338 e. The molecule has 0 spiro atoms. The van der Waals surface area contributed by atoms with Gasteiger partial charge in [0.2, 0.25) is 5.88 Å². The predicted octanol–water partition coefficient (Wildman–Crippen LogP) is 4.92. The van der Waals surface area contributed by atoms with Gasteiger partial charge in [-0.25, -0.2) is 4.79 Å². The first-order chi connectivity index (χ1) is 17.9. The first-order valence-corrected chi connectivity index (χ1v) is 12.1. The fraction of sp³-hybridized carbons (Fsp3) is 0.241. The summed E-state index contributed by atoms with van der Waals surface area (Å²) in [5.41, 5.74) is 3.77. The van der Waals surface area contributed by atoms with Gasteiger partial charge in [-0.1, -0.05) is 65.3 Å². The van der Waals surface area contributed by atoms with E-state index in [-0.39, 0.29) is 35.7 Å². The molecule has 1 aliphatic rings. The molecule has 1 unspecified atom stereocenters. The Hall–Kier alpha value is -4.46. The molecule has 5 rings (SSSR count). The topological polar surface area (TPSA) is 96.5 Å². The number of carbonyl (C=O) groups is 1. The predicted molar refractivity (Wildman–Crippen MR) is 137 cm³/mol. The first kappa shape index (κ1) is 24.2. The number of benzene rings is 2. The van der Waals surface area contributed by atoms with E-state index in [1.807, 2.05) is 67.6 Å². The highest BCUT2D eigenvalue weighted by Gasteiger charge is 2.38. The van der Waals surface area contributed by atoms with Crippen molar-refractivity contribution in [1.82, 2.24) is 14.7 Å². The summed E-state index contributed by atoms with van der Waals surface area (Å²) in [7, 11) is 0. The summed E-state index contributed by atoms with van der Waals surface area (Å²) in [5.74, 6) is 0.305. The molecule has 2 aromatic heterocycles. The molecule has 188 valence electrons. The zero-order valence-corrected chi connectivity index (χ0v) is 21.1. The molecule has 0 fully saturated rings. The number of carbonyl (C=O) groups excluding carboxylic acids is 1. The molecule has 0 amide bonds. The van der Waals surface area contributed by atoms with Gasteiger partial charge >= 0.3 is 5.97 Å². The number of allylic oxidation sites excluding steroid dienone is 1. The van der Waals surface area contributed by atoms with Gasteiger partial charge in [-0.3, -0.25) is 9.36 Å².